The number of alkyl halides is 3. The molecule has 38 heavy (non-hydrogen) atoms. The van der Waals surface area contributed by atoms with E-state index in [-0.39, 0.29) is 18.3 Å². The summed E-state index contributed by atoms with van der Waals surface area (Å²) in [5.74, 6) is -0.394. The molecule has 10 heteroatoms. The topological polar surface area (TPSA) is 87.7 Å². The zero-order chi connectivity index (χ0) is 26.9. The van der Waals surface area contributed by atoms with E-state index in [9.17, 15) is 27.6 Å². The van der Waals surface area contributed by atoms with Crippen LogP contribution in [0.1, 0.15) is 47.2 Å². The molecule has 2 aliphatic rings. The van der Waals surface area contributed by atoms with Gasteiger partial charge in [-0.2, -0.15) is 13.2 Å². The number of carbonyl (C=O) groups excluding carboxylic acids is 3. The summed E-state index contributed by atoms with van der Waals surface area (Å²) in [5.41, 5.74) is 2.29. The molecule has 7 nitrogen and oxygen atoms in total. The molecule has 1 aliphatic carbocycles. The van der Waals surface area contributed by atoms with Gasteiger partial charge in [0.2, 0.25) is 0 Å². The molecule has 4 amide bonds. The lowest BCUT2D eigenvalue weighted by Gasteiger charge is -2.17. The van der Waals surface area contributed by atoms with Crippen molar-refractivity contribution in [1.29, 1.82) is 0 Å². The average molecular weight is 524 g/mol. The van der Waals surface area contributed by atoms with Crippen LogP contribution in [0.5, 0.6) is 0 Å². The minimum Gasteiger partial charge on any atom is -0.446 e. The quantitative estimate of drug-likeness (QED) is 0.384. The van der Waals surface area contributed by atoms with Crippen molar-refractivity contribution in [1.82, 2.24) is 4.90 Å². The average Bonchev–Trinajstić information content (AvgIpc) is 3.51. The highest BCUT2D eigenvalue weighted by molar-refractivity contribution is 6.07. The van der Waals surface area contributed by atoms with Crippen LogP contribution in [-0.2, 0) is 17.5 Å². The molecule has 1 aliphatic heterocycles. The van der Waals surface area contributed by atoms with Gasteiger partial charge in [-0.05, 0) is 78.8 Å². The highest BCUT2D eigenvalue weighted by Crippen LogP contribution is 2.32. The fourth-order valence-electron chi connectivity index (χ4n) is 4.65. The Labute approximate surface area is 216 Å². The predicted octanol–water partition coefficient (Wildman–Crippen LogP) is 7.05. The zero-order valence-electron chi connectivity index (χ0n) is 20.2. The fourth-order valence-corrected chi connectivity index (χ4v) is 4.65. The van der Waals surface area contributed by atoms with Crippen molar-refractivity contribution in [2.45, 2.75) is 44.5 Å². The number of amides is 4. The van der Waals surface area contributed by atoms with Crippen molar-refractivity contribution in [3.05, 3.63) is 83.4 Å². The summed E-state index contributed by atoms with van der Waals surface area (Å²) in [6, 6.07) is 15.8. The van der Waals surface area contributed by atoms with E-state index in [1.807, 2.05) is 6.07 Å². The molecule has 0 radical (unpaired) electrons. The first-order chi connectivity index (χ1) is 18.2. The number of nitrogens with zero attached hydrogens (tertiary/aromatic N) is 1. The van der Waals surface area contributed by atoms with E-state index in [0.717, 1.165) is 59.4 Å². The van der Waals surface area contributed by atoms with Crippen LogP contribution in [0.25, 0.3) is 11.1 Å². The SMILES string of the molecule is O=C(Nc1ccc(-c2ccc3c(c2)C(=O)N(C(=O)OC2CCCC2)C3)cc1)Nc1cccc(C(F)(F)F)c1. The molecule has 0 spiro atoms. The van der Waals surface area contributed by atoms with Gasteiger partial charge < -0.3 is 15.4 Å². The molecule has 5 rings (SSSR count). The van der Waals surface area contributed by atoms with Gasteiger partial charge in [-0.25, -0.2) is 14.5 Å². The number of nitrogens with one attached hydrogen (secondary N) is 2. The van der Waals surface area contributed by atoms with E-state index >= 15 is 0 Å². The summed E-state index contributed by atoms with van der Waals surface area (Å²) in [6.07, 6.45) is -1.57. The summed E-state index contributed by atoms with van der Waals surface area (Å²) in [5, 5.41) is 4.97. The summed E-state index contributed by atoms with van der Waals surface area (Å²) in [7, 11) is 0. The van der Waals surface area contributed by atoms with Gasteiger partial charge in [0.05, 0.1) is 12.1 Å². The van der Waals surface area contributed by atoms with Crippen LogP contribution in [0.4, 0.5) is 34.1 Å². The van der Waals surface area contributed by atoms with Gasteiger partial charge >= 0.3 is 18.3 Å². The Kier molecular flexibility index (Phi) is 6.79. The monoisotopic (exact) mass is 523 g/mol. The van der Waals surface area contributed by atoms with E-state index in [2.05, 4.69) is 10.6 Å². The lowest BCUT2D eigenvalue weighted by Crippen LogP contribution is -2.33. The highest BCUT2D eigenvalue weighted by atomic mass is 19.4. The number of hydrogen-bond acceptors (Lipinski definition) is 4. The summed E-state index contributed by atoms with van der Waals surface area (Å²) in [4.78, 5) is 38.8. The molecule has 1 saturated carbocycles. The fraction of sp³-hybridized carbons (Fsp3) is 0.250. The molecule has 0 atom stereocenters. The Hall–Kier alpha value is -4.34. The van der Waals surface area contributed by atoms with Crippen molar-refractivity contribution >= 4 is 29.4 Å². The maximum absolute atomic E-state index is 12.9. The molecule has 2 N–H and O–H groups in total. The summed E-state index contributed by atoms with van der Waals surface area (Å²) < 4.78 is 44.1. The summed E-state index contributed by atoms with van der Waals surface area (Å²) in [6.45, 7) is 0.170. The van der Waals surface area contributed by atoms with Crippen LogP contribution in [0.2, 0.25) is 0 Å². The van der Waals surface area contributed by atoms with E-state index in [1.165, 1.54) is 12.1 Å². The maximum atomic E-state index is 12.9. The number of hydrogen-bond donors (Lipinski definition) is 2. The number of carbonyl (C=O) groups is 3. The first-order valence-corrected chi connectivity index (χ1v) is 12.2. The smallest absolute Gasteiger partial charge is 0.417 e. The first kappa shape index (κ1) is 25.3. The number of fused-ring (bicyclic) bond motifs is 1. The summed E-state index contributed by atoms with van der Waals surface area (Å²) >= 11 is 0. The van der Waals surface area contributed by atoms with Crippen molar-refractivity contribution in [2.75, 3.05) is 10.6 Å². The lowest BCUT2D eigenvalue weighted by atomic mass is 10.0. The van der Waals surface area contributed by atoms with Crippen molar-refractivity contribution < 1.29 is 32.3 Å². The second kappa shape index (κ2) is 10.2. The predicted molar refractivity (Wildman–Crippen MR) is 135 cm³/mol. The van der Waals surface area contributed by atoms with Crippen LogP contribution < -0.4 is 10.6 Å². The van der Waals surface area contributed by atoms with E-state index < -0.39 is 29.8 Å². The van der Waals surface area contributed by atoms with E-state index in [0.29, 0.717) is 11.3 Å². The van der Waals surface area contributed by atoms with Gasteiger partial charge in [-0.15, -0.1) is 0 Å². The molecule has 1 fully saturated rings. The molecular weight excluding hydrogens is 499 g/mol. The van der Waals surface area contributed by atoms with Crippen LogP contribution in [0.3, 0.4) is 0 Å². The molecule has 3 aromatic rings. The van der Waals surface area contributed by atoms with Crippen molar-refractivity contribution in [3.63, 3.8) is 0 Å². The van der Waals surface area contributed by atoms with Gasteiger partial charge in [0, 0.05) is 16.9 Å². The van der Waals surface area contributed by atoms with E-state index in [1.54, 1.807) is 36.4 Å². The first-order valence-electron chi connectivity index (χ1n) is 12.2. The molecule has 0 bridgehead atoms. The van der Waals surface area contributed by atoms with E-state index in [4.69, 9.17) is 4.74 Å². The minimum atomic E-state index is -4.51. The molecule has 0 aromatic heterocycles. The molecule has 1 heterocycles. The number of halogens is 3. The maximum Gasteiger partial charge on any atom is 0.417 e. The van der Waals surface area contributed by atoms with Gasteiger partial charge in [-0.3, -0.25) is 4.79 Å². The molecular formula is C28H24F3N3O4. The van der Waals surface area contributed by atoms with Crippen LogP contribution in [0, 0.1) is 0 Å². The number of ether oxygens (including phenoxy) is 1. The van der Waals surface area contributed by atoms with Crippen LogP contribution >= 0.6 is 0 Å². The highest BCUT2D eigenvalue weighted by Gasteiger charge is 2.35. The number of urea groups is 1. The van der Waals surface area contributed by atoms with Gasteiger partial charge in [0.1, 0.15) is 6.10 Å². The lowest BCUT2D eigenvalue weighted by molar-refractivity contribution is -0.137. The normalized spacial score (nSPS) is 15.3. The number of anilines is 2. The van der Waals surface area contributed by atoms with Crippen LogP contribution in [-0.4, -0.2) is 29.0 Å². The Bertz CT molecular complexity index is 1380. The number of benzene rings is 3. The Morgan fingerprint density at radius 1 is 0.868 bits per heavy atom. The number of rotatable bonds is 4. The Balaban J connectivity index is 1.22. The molecule has 0 unspecified atom stereocenters. The molecule has 196 valence electrons. The largest absolute Gasteiger partial charge is 0.446 e. The van der Waals surface area contributed by atoms with Gasteiger partial charge in [0.25, 0.3) is 5.91 Å². The van der Waals surface area contributed by atoms with Gasteiger partial charge in [0.15, 0.2) is 0 Å². The zero-order valence-corrected chi connectivity index (χ0v) is 20.2. The second-order valence-corrected chi connectivity index (χ2v) is 9.29. The Morgan fingerprint density at radius 3 is 2.26 bits per heavy atom. The molecule has 3 aromatic carbocycles. The number of imide groups is 1. The molecule has 0 saturated heterocycles. The van der Waals surface area contributed by atoms with Crippen molar-refractivity contribution in [2.24, 2.45) is 0 Å². The third kappa shape index (κ3) is 5.49. The second-order valence-electron chi connectivity index (χ2n) is 9.29. The third-order valence-electron chi connectivity index (χ3n) is 6.63. The van der Waals surface area contributed by atoms with Crippen molar-refractivity contribution in [3.8, 4) is 11.1 Å². The van der Waals surface area contributed by atoms with Crippen LogP contribution in [0.15, 0.2) is 66.7 Å². The minimum absolute atomic E-state index is 0.0120. The van der Waals surface area contributed by atoms with Gasteiger partial charge in [-0.1, -0.05) is 30.3 Å². The standard InChI is InChI=1S/C28H24F3N3O4/c29-28(30,31)20-4-3-5-22(15-20)33-26(36)32-21-12-10-17(11-13-21)18-8-9-19-16-34(25(35)24(19)14-18)27(37)38-23-6-1-2-7-23/h3-5,8-15,23H,1-2,6-7,16H2,(H2,32,33,36). The third-order valence-corrected chi connectivity index (χ3v) is 6.63. The Morgan fingerprint density at radius 2 is 1.55 bits per heavy atom.